The van der Waals surface area contributed by atoms with E-state index in [4.69, 9.17) is 9.47 Å². The first-order valence-corrected chi connectivity index (χ1v) is 26.1. The van der Waals surface area contributed by atoms with E-state index in [1.807, 2.05) is 0 Å². The highest BCUT2D eigenvalue weighted by Gasteiger charge is 2.61. The Morgan fingerprint density at radius 3 is 0.685 bits per heavy atom. The summed E-state index contributed by atoms with van der Waals surface area (Å²) in [5.74, 6) is 15.0. The van der Waals surface area contributed by atoms with Gasteiger partial charge in [0.05, 0.1) is 24.4 Å². The predicted octanol–water partition coefficient (Wildman–Crippen LogP) is 14.5. The maximum Gasteiger partial charge on any atom is 0.0579 e. The van der Waals surface area contributed by atoms with Crippen LogP contribution in [0.1, 0.15) is 218 Å². The van der Waals surface area contributed by atoms with Gasteiger partial charge in [0.25, 0.3) is 0 Å². The molecule has 306 valence electrons. The quantitative estimate of drug-likeness (QED) is 0.259. The minimum Gasteiger partial charge on any atom is -0.375 e. The Morgan fingerprint density at radius 2 is 0.407 bits per heavy atom. The highest BCUT2D eigenvalue weighted by molar-refractivity contribution is 5.10. The zero-order valence-corrected chi connectivity index (χ0v) is 35.3. The van der Waals surface area contributed by atoms with Gasteiger partial charge < -0.3 is 9.47 Å². The number of hydrogen-bond donors (Lipinski definition) is 0. The highest BCUT2D eigenvalue weighted by Crippen LogP contribution is 2.68. The van der Waals surface area contributed by atoms with Crippen molar-refractivity contribution in [2.45, 2.75) is 243 Å². The van der Waals surface area contributed by atoms with Crippen molar-refractivity contribution < 1.29 is 9.47 Å². The average Bonchev–Trinajstić information content (AvgIpc) is 3.24. The molecule has 54 heavy (non-hydrogen) atoms. The number of ether oxygens (including phenoxy) is 2. The third-order valence-electron chi connectivity index (χ3n) is 20.3. The molecule has 10 aliphatic carbocycles. The standard InChI is InChI=1S/C52H86O2/c1-3-15-37(16-4-1)53-39-31-27-35(28-32-39)49-41-19-7-11-23-45(41)51(46-24-12-8-20-42(46)49)52-47-25-13-9-21-43(47)50(44-22-10-14-26-48(44)52)36-29-33-40(34-30-36)54-38-17-5-2-6-18-38/h35-52H,1-34H2. The molecule has 0 radical (unpaired) electrons. The molecule has 0 saturated heterocycles. The monoisotopic (exact) mass is 743 g/mol. The highest BCUT2D eigenvalue weighted by atomic mass is 16.5. The largest absolute Gasteiger partial charge is 0.375 e. The maximum atomic E-state index is 6.86. The third kappa shape index (κ3) is 7.74. The molecule has 10 aliphatic rings. The van der Waals surface area contributed by atoms with Crippen LogP contribution >= 0.6 is 0 Å². The number of hydrogen-bond acceptors (Lipinski definition) is 2. The first-order valence-electron chi connectivity index (χ1n) is 26.1. The van der Waals surface area contributed by atoms with E-state index in [9.17, 15) is 0 Å². The van der Waals surface area contributed by atoms with Crippen LogP contribution in [-0.2, 0) is 9.47 Å². The average molecular weight is 743 g/mol. The van der Waals surface area contributed by atoms with Gasteiger partial charge in [0.15, 0.2) is 0 Å². The summed E-state index contributed by atoms with van der Waals surface area (Å²) >= 11 is 0. The van der Waals surface area contributed by atoms with E-state index in [1.165, 1.54) is 116 Å². The van der Waals surface area contributed by atoms with Crippen molar-refractivity contribution in [1.82, 2.24) is 0 Å². The fourth-order valence-electron chi connectivity index (χ4n) is 18.6. The summed E-state index contributed by atoms with van der Waals surface area (Å²) < 4.78 is 13.7. The Bertz CT molecular complexity index is 1010. The van der Waals surface area contributed by atoms with Crippen LogP contribution in [0.4, 0.5) is 0 Å². The fourth-order valence-corrected chi connectivity index (χ4v) is 18.6. The number of fused-ring (bicyclic) bond motifs is 4. The van der Waals surface area contributed by atoms with E-state index < -0.39 is 0 Å². The first kappa shape index (κ1) is 38.1. The Kier molecular flexibility index (Phi) is 12.5. The predicted molar refractivity (Wildman–Crippen MR) is 223 cm³/mol. The van der Waals surface area contributed by atoms with Crippen LogP contribution < -0.4 is 0 Å². The van der Waals surface area contributed by atoms with Gasteiger partial charge in [-0.1, -0.05) is 89.9 Å². The molecule has 2 heteroatoms. The van der Waals surface area contributed by atoms with Crippen LogP contribution in [0.25, 0.3) is 0 Å². The maximum absolute atomic E-state index is 6.86. The summed E-state index contributed by atoms with van der Waals surface area (Å²) in [6, 6.07) is 0. The van der Waals surface area contributed by atoms with E-state index >= 15 is 0 Å². The molecule has 0 aromatic carbocycles. The molecule has 0 heterocycles. The van der Waals surface area contributed by atoms with Crippen LogP contribution in [0.3, 0.4) is 0 Å². The smallest absolute Gasteiger partial charge is 0.0579 e. The molecule has 0 spiro atoms. The Balaban J connectivity index is 0.888. The van der Waals surface area contributed by atoms with Gasteiger partial charge in [0.2, 0.25) is 0 Å². The van der Waals surface area contributed by atoms with E-state index in [0.717, 1.165) is 82.9 Å². The van der Waals surface area contributed by atoms with Crippen LogP contribution in [0.2, 0.25) is 0 Å². The second-order valence-corrected chi connectivity index (χ2v) is 22.6. The minimum atomic E-state index is 0.589. The van der Waals surface area contributed by atoms with Gasteiger partial charge in [-0.3, -0.25) is 0 Å². The van der Waals surface area contributed by atoms with Crippen LogP contribution in [0.5, 0.6) is 0 Å². The molecule has 8 atom stereocenters. The second kappa shape index (κ2) is 17.6. The van der Waals surface area contributed by atoms with Gasteiger partial charge in [-0.05, 0) is 211 Å². The zero-order chi connectivity index (χ0) is 35.8. The molecule has 0 N–H and O–H groups in total. The first-order chi connectivity index (χ1) is 26.8. The summed E-state index contributed by atoms with van der Waals surface area (Å²) in [4.78, 5) is 0. The summed E-state index contributed by atoms with van der Waals surface area (Å²) in [5, 5.41) is 0. The summed E-state index contributed by atoms with van der Waals surface area (Å²) in [6.07, 6.45) is 53.3. The van der Waals surface area contributed by atoms with E-state index in [0.29, 0.717) is 24.4 Å². The summed E-state index contributed by atoms with van der Waals surface area (Å²) in [6.45, 7) is 0. The summed E-state index contributed by atoms with van der Waals surface area (Å²) in [7, 11) is 0. The molecule has 10 fully saturated rings. The van der Waals surface area contributed by atoms with Crippen molar-refractivity contribution in [3.05, 3.63) is 0 Å². The molecule has 10 saturated carbocycles. The molecule has 10 rings (SSSR count). The van der Waals surface area contributed by atoms with E-state index in [-0.39, 0.29) is 0 Å². The van der Waals surface area contributed by atoms with Crippen molar-refractivity contribution >= 4 is 0 Å². The number of rotatable bonds is 7. The Labute approximate surface area is 334 Å². The van der Waals surface area contributed by atoms with Crippen molar-refractivity contribution in [1.29, 1.82) is 0 Å². The lowest BCUT2D eigenvalue weighted by molar-refractivity contribution is -0.176. The van der Waals surface area contributed by atoms with Crippen molar-refractivity contribution in [3.63, 3.8) is 0 Å². The third-order valence-corrected chi connectivity index (χ3v) is 20.3. The molecule has 0 aromatic heterocycles. The normalized spacial score (nSPS) is 49.6. The lowest BCUT2D eigenvalue weighted by Gasteiger charge is -2.66. The van der Waals surface area contributed by atoms with Crippen molar-refractivity contribution in [2.75, 3.05) is 0 Å². The van der Waals surface area contributed by atoms with Gasteiger partial charge in [-0.2, -0.15) is 0 Å². The van der Waals surface area contributed by atoms with Gasteiger partial charge in [-0.25, -0.2) is 0 Å². The fraction of sp³-hybridized carbons (Fsp3) is 1.00. The molecule has 8 unspecified atom stereocenters. The zero-order valence-electron chi connectivity index (χ0n) is 35.3. The minimum absolute atomic E-state index is 0.589. The lowest BCUT2D eigenvalue weighted by Crippen LogP contribution is -2.60. The van der Waals surface area contributed by atoms with Crippen molar-refractivity contribution in [2.24, 2.45) is 82.9 Å². The van der Waals surface area contributed by atoms with Gasteiger partial charge in [0.1, 0.15) is 0 Å². The van der Waals surface area contributed by atoms with Crippen LogP contribution in [0, 0.1) is 82.9 Å². The molecule has 0 bridgehead atoms. The van der Waals surface area contributed by atoms with E-state index in [2.05, 4.69) is 0 Å². The van der Waals surface area contributed by atoms with E-state index in [1.54, 1.807) is 103 Å². The Hall–Kier alpha value is -0.0800. The SMILES string of the molecule is C1CCC(OC2CCC(C3C4CCCCC4C(C4C5CCCCC5C(C5CCC(OC6CCCCC6)CC5)C5CCCCC54)C4CCCCC43)CC2)CC1. The molecule has 0 aliphatic heterocycles. The molecule has 2 nitrogen and oxygen atoms in total. The van der Waals surface area contributed by atoms with Gasteiger partial charge in [0, 0.05) is 0 Å². The molecule has 0 aromatic rings. The molecular weight excluding hydrogens is 657 g/mol. The molecule has 0 amide bonds. The van der Waals surface area contributed by atoms with Gasteiger partial charge >= 0.3 is 0 Å². The topological polar surface area (TPSA) is 18.5 Å². The second-order valence-electron chi connectivity index (χ2n) is 22.6. The van der Waals surface area contributed by atoms with Crippen molar-refractivity contribution in [3.8, 4) is 0 Å². The van der Waals surface area contributed by atoms with Crippen LogP contribution in [0.15, 0.2) is 0 Å². The lowest BCUT2D eigenvalue weighted by atomic mass is 9.39. The van der Waals surface area contributed by atoms with Gasteiger partial charge in [-0.15, -0.1) is 0 Å². The summed E-state index contributed by atoms with van der Waals surface area (Å²) in [5.41, 5.74) is 0. The van der Waals surface area contributed by atoms with Crippen LogP contribution in [-0.4, -0.2) is 24.4 Å². The Morgan fingerprint density at radius 1 is 0.185 bits per heavy atom. The molecular formula is C52H86O2.